The minimum absolute atomic E-state index is 0.0389. The van der Waals surface area contributed by atoms with Gasteiger partial charge >= 0.3 is 5.97 Å². The maximum Gasteiger partial charge on any atom is 0.312 e. The molecule has 0 bridgehead atoms. The third-order valence-electron chi connectivity index (χ3n) is 5.78. The fourth-order valence-corrected chi connectivity index (χ4v) is 4.81. The molecule has 0 spiro atoms. The van der Waals surface area contributed by atoms with E-state index >= 15 is 0 Å². The first-order valence-electron chi connectivity index (χ1n) is 8.48. The minimum Gasteiger partial charge on any atom is -0.466 e. The Morgan fingerprint density at radius 2 is 1.74 bits per heavy atom. The molecule has 4 atom stereocenters. The first-order valence-corrected chi connectivity index (χ1v) is 8.48. The summed E-state index contributed by atoms with van der Waals surface area (Å²) in [5, 5.41) is 0. The second-order valence-corrected chi connectivity index (χ2v) is 6.99. The summed E-state index contributed by atoms with van der Waals surface area (Å²) in [5.74, 6) is 1.07. The predicted octanol–water partition coefficient (Wildman–Crippen LogP) is 4.62. The molecule has 4 unspecified atom stereocenters. The Morgan fingerprint density at radius 1 is 1.09 bits per heavy atom. The molecule has 0 radical (unpaired) electrons. The van der Waals surface area contributed by atoms with Crippen molar-refractivity contribution < 1.29 is 9.53 Å². The fourth-order valence-electron chi connectivity index (χ4n) is 4.81. The van der Waals surface area contributed by atoms with Gasteiger partial charge in [-0.25, -0.2) is 0 Å². The van der Waals surface area contributed by atoms with Gasteiger partial charge in [0.1, 0.15) is 0 Å². The van der Waals surface area contributed by atoms with Gasteiger partial charge in [-0.05, 0) is 48.8 Å². The van der Waals surface area contributed by atoms with Crippen LogP contribution in [-0.4, -0.2) is 12.6 Å². The van der Waals surface area contributed by atoms with Crippen molar-refractivity contribution >= 4 is 5.97 Å². The van der Waals surface area contributed by atoms with Crippen LogP contribution < -0.4 is 0 Å². The molecule has 2 aromatic carbocycles. The molecule has 2 aromatic rings. The van der Waals surface area contributed by atoms with Crippen molar-refractivity contribution in [2.45, 2.75) is 38.0 Å². The topological polar surface area (TPSA) is 26.3 Å². The second kappa shape index (κ2) is 5.23. The zero-order chi connectivity index (χ0) is 16.0. The molecule has 0 aromatic heterocycles. The van der Waals surface area contributed by atoms with Gasteiger partial charge in [-0.2, -0.15) is 0 Å². The van der Waals surface area contributed by atoms with Crippen LogP contribution in [0.1, 0.15) is 54.7 Å². The van der Waals surface area contributed by atoms with Gasteiger partial charge in [0.15, 0.2) is 0 Å². The summed E-state index contributed by atoms with van der Waals surface area (Å²) in [6, 6.07) is 19.2. The first-order chi connectivity index (χ1) is 11.2. The van der Waals surface area contributed by atoms with Gasteiger partial charge in [0.25, 0.3) is 0 Å². The van der Waals surface area contributed by atoms with Gasteiger partial charge in [-0.15, -0.1) is 0 Å². The smallest absolute Gasteiger partial charge is 0.312 e. The molecule has 118 valence electrons. The predicted molar refractivity (Wildman–Crippen MR) is 90.5 cm³/mol. The molecule has 0 amide bonds. The molecule has 4 rings (SSSR count). The van der Waals surface area contributed by atoms with E-state index in [1.165, 1.54) is 16.7 Å². The Balaban J connectivity index is 1.79. The summed E-state index contributed by atoms with van der Waals surface area (Å²) < 4.78 is 5.44. The lowest BCUT2D eigenvalue weighted by Crippen LogP contribution is -2.38. The Kier molecular flexibility index (Phi) is 3.29. The van der Waals surface area contributed by atoms with Gasteiger partial charge < -0.3 is 4.74 Å². The number of hydrogen-bond donors (Lipinski definition) is 0. The van der Waals surface area contributed by atoms with Crippen LogP contribution in [0.3, 0.4) is 0 Å². The van der Waals surface area contributed by atoms with E-state index in [0.29, 0.717) is 18.4 Å². The lowest BCUT2D eigenvalue weighted by Gasteiger charge is -2.42. The second-order valence-electron chi connectivity index (χ2n) is 6.99. The highest BCUT2D eigenvalue weighted by Gasteiger charge is 2.62. The molecule has 23 heavy (non-hydrogen) atoms. The van der Waals surface area contributed by atoms with Gasteiger partial charge in [-0.3, -0.25) is 4.79 Å². The van der Waals surface area contributed by atoms with Crippen molar-refractivity contribution in [3.8, 4) is 0 Å². The molecule has 2 aliphatic rings. The Hall–Kier alpha value is -2.09. The van der Waals surface area contributed by atoms with E-state index in [-0.39, 0.29) is 11.9 Å². The summed E-state index contributed by atoms with van der Waals surface area (Å²) in [6.07, 6.45) is 0.861. The van der Waals surface area contributed by atoms with Crippen molar-refractivity contribution in [1.29, 1.82) is 0 Å². The van der Waals surface area contributed by atoms with Crippen molar-refractivity contribution in [3.05, 3.63) is 71.3 Å². The van der Waals surface area contributed by atoms with E-state index in [1.54, 1.807) is 0 Å². The highest BCUT2D eigenvalue weighted by atomic mass is 16.5. The Bertz CT molecular complexity index is 737. The first kappa shape index (κ1) is 14.5. The van der Waals surface area contributed by atoms with Gasteiger partial charge in [0.2, 0.25) is 0 Å². The van der Waals surface area contributed by atoms with Crippen LogP contribution in [0.15, 0.2) is 54.6 Å². The number of esters is 1. The maximum atomic E-state index is 12.7. The number of rotatable bonds is 3. The zero-order valence-electron chi connectivity index (χ0n) is 13.7. The fraction of sp³-hybridized carbons (Fsp3) is 0.381. The lowest BCUT2D eigenvalue weighted by atomic mass is 9.61. The van der Waals surface area contributed by atoms with Gasteiger partial charge in [0.05, 0.1) is 12.0 Å². The molecule has 2 heteroatoms. The average Bonchev–Trinajstić information content (AvgIpc) is 2.83. The SMILES string of the molecule is CCOC(=O)C1(C)CC(c2ccccc2)C2c3ccccc3C21. The maximum absolute atomic E-state index is 12.7. The monoisotopic (exact) mass is 306 g/mol. The molecule has 0 N–H and O–H groups in total. The van der Waals surface area contributed by atoms with Crippen LogP contribution in [-0.2, 0) is 9.53 Å². The third-order valence-corrected chi connectivity index (χ3v) is 5.78. The van der Waals surface area contributed by atoms with E-state index in [2.05, 4.69) is 61.5 Å². The van der Waals surface area contributed by atoms with E-state index in [9.17, 15) is 4.79 Å². The molecular formula is C21H22O2. The van der Waals surface area contributed by atoms with Crippen LogP contribution in [0, 0.1) is 5.41 Å². The van der Waals surface area contributed by atoms with Crippen LogP contribution in [0.4, 0.5) is 0 Å². The van der Waals surface area contributed by atoms with E-state index in [1.807, 2.05) is 6.92 Å². The molecule has 0 saturated heterocycles. The standard InChI is InChI=1S/C21H22O2/c1-3-23-20(22)21(2)13-17(14-9-5-4-6-10-14)18-15-11-7-8-12-16(15)19(18)21/h4-12,17-19H,3,13H2,1-2H3. The summed E-state index contributed by atoms with van der Waals surface area (Å²) >= 11 is 0. The molecule has 0 aliphatic heterocycles. The van der Waals surface area contributed by atoms with Gasteiger partial charge in [-0.1, -0.05) is 54.6 Å². The summed E-state index contributed by atoms with van der Waals surface area (Å²) in [6.45, 7) is 4.43. The number of carbonyl (C=O) groups excluding carboxylic acids is 1. The number of fused-ring (bicyclic) bond motifs is 4. The third kappa shape index (κ3) is 1.97. The molecule has 0 heterocycles. The van der Waals surface area contributed by atoms with Crippen molar-refractivity contribution in [3.63, 3.8) is 0 Å². The molecule has 2 aliphatic carbocycles. The summed E-state index contributed by atoms with van der Waals surface area (Å²) in [7, 11) is 0. The van der Waals surface area contributed by atoms with E-state index in [4.69, 9.17) is 4.74 Å². The quantitative estimate of drug-likeness (QED) is 0.773. The largest absolute Gasteiger partial charge is 0.466 e. The highest BCUT2D eigenvalue weighted by Crippen LogP contribution is 2.69. The summed E-state index contributed by atoms with van der Waals surface area (Å²) in [4.78, 5) is 12.7. The minimum atomic E-state index is -0.421. The van der Waals surface area contributed by atoms with Crippen molar-refractivity contribution in [1.82, 2.24) is 0 Å². The zero-order valence-corrected chi connectivity index (χ0v) is 13.7. The molecule has 2 nitrogen and oxygen atoms in total. The molecular weight excluding hydrogens is 284 g/mol. The van der Waals surface area contributed by atoms with Crippen molar-refractivity contribution in [2.24, 2.45) is 5.41 Å². The van der Waals surface area contributed by atoms with Crippen LogP contribution >= 0.6 is 0 Å². The molecule has 1 saturated carbocycles. The number of hydrogen-bond acceptors (Lipinski definition) is 2. The van der Waals surface area contributed by atoms with Crippen LogP contribution in [0.2, 0.25) is 0 Å². The number of ether oxygens (including phenoxy) is 1. The van der Waals surface area contributed by atoms with Gasteiger partial charge in [0, 0.05) is 5.92 Å². The average molecular weight is 306 g/mol. The Labute approximate surface area is 137 Å². The number of benzene rings is 2. The Morgan fingerprint density at radius 3 is 2.43 bits per heavy atom. The summed E-state index contributed by atoms with van der Waals surface area (Å²) in [5.41, 5.74) is 3.67. The van der Waals surface area contributed by atoms with Crippen LogP contribution in [0.25, 0.3) is 0 Å². The normalized spacial score (nSPS) is 31.0. The van der Waals surface area contributed by atoms with Crippen molar-refractivity contribution in [2.75, 3.05) is 6.61 Å². The highest BCUT2D eigenvalue weighted by molar-refractivity contribution is 5.81. The van der Waals surface area contributed by atoms with Crippen LogP contribution in [0.5, 0.6) is 0 Å². The van der Waals surface area contributed by atoms with E-state index < -0.39 is 5.41 Å². The molecule has 1 fully saturated rings. The van der Waals surface area contributed by atoms with E-state index in [0.717, 1.165) is 6.42 Å². The number of carbonyl (C=O) groups is 1. The lowest BCUT2D eigenvalue weighted by molar-refractivity contribution is -0.155.